The van der Waals surface area contributed by atoms with Gasteiger partial charge in [0.25, 0.3) is 0 Å². The van der Waals surface area contributed by atoms with Gasteiger partial charge in [0, 0.05) is 12.6 Å². The Kier molecular flexibility index (Phi) is 3.48. The zero-order valence-corrected chi connectivity index (χ0v) is 14.5. The quantitative estimate of drug-likeness (QED) is 0.550. The van der Waals surface area contributed by atoms with Gasteiger partial charge in [0.05, 0.1) is 24.3 Å². The molecule has 1 aromatic carbocycles. The molecule has 5 rings (SSSR count). The third kappa shape index (κ3) is 2.45. The fourth-order valence-electron chi connectivity index (χ4n) is 3.58. The maximum Gasteiger partial charge on any atom is 0.152 e. The summed E-state index contributed by atoms with van der Waals surface area (Å²) in [4.78, 5) is 9.29. The van der Waals surface area contributed by atoms with Crippen LogP contribution in [0.2, 0.25) is 0 Å². The molecule has 3 aromatic heterocycles. The number of imidazole rings is 1. The minimum Gasteiger partial charge on any atom is -0.463 e. The van der Waals surface area contributed by atoms with Crippen LogP contribution in [0.4, 0.5) is 0 Å². The SMILES string of the molecule is Cn1ncnc1[C@@H](C1CC1)n1cnc(-c2ccccc2)c1-c1ccco1. The van der Waals surface area contributed by atoms with Gasteiger partial charge in [-0.25, -0.2) is 9.97 Å². The van der Waals surface area contributed by atoms with Gasteiger partial charge in [-0.3, -0.25) is 4.68 Å². The molecule has 0 radical (unpaired) electrons. The molecule has 6 heteroatoms. The molecule has 1 fully saturated rings. The smallest absolute Gasteiger partial charge is 0.152 e. The molecular formula is C20H19N5O. The molecule has 0 spiro atoms. The Morgan fingerprint density at radius 3 is 2.58 bits per heavy atom. The molecule has 130 valence electrons. The lowest BCUT2D eigenvalue weighted by Gasteiger charge is -2.19. The van der Waals surface area contributed by atoms with E-state index in [2.05, 4.69) is 26.8 Å². The molecule has 0 amide bonds. The molecule has 1 atom stereocenters. The lowest BCUT2D eigenvalue weighted by Crippen LogP contribution is -2.18. The zero-order valence-electron chi connectivity index (χ0n) is 14.5. The number of benzene rings is 1. The minimum atomic E-state index is 0.104. The number of hydrogen-bond donors (Lipinski definition) is 0. The number of furan rings is 1. The summed E-state index contributed by atoms with van der Waals surface area (Å²) >= 11 is 0. The molecule has 4 aromatic rings. The number of rotatable bonds is 5. The predicted molar refractivity (Wildman–Crippen MR) is 97.2 cm³/mol. The molecular weight excluding hydrogens is 326 g/mol. The molecule has 3 heterocycles. The van der Waals surface area contributed by atoms with Gasteiger partial charge in [-0.2, -0.15) is 5.10 Å². The first-order chi connectivity index (χ1) is 12.8. The van der Waals surface area contributed by atoms with E-state index < -0.39 is 0 Å². The van der Waals surface area contributed by atoms with Crippen molar-refractivity contribution in [2.24, 2.45) is 13.0 Å². The lowest BCUT2D eigenvalue weighted by molar-refractivity contribution is 0.466. The van der Waals surface area contributed by atoms with Gasteiger partial charge in [-0.05, 0) is 30.9 Å². The van der Waals surface area contributed by atoms with Gasteiger partial charge < -0.3 is 8.98 Å². The summed E-state index contributed by atoms with van der Waals surface area (Å²) in [6.45, 7) is 0. The Labute approximate surface area is 151 Å². The van der Waals surface area contributed by atoms with Crippen LogP contribution >= 0.6 is 0 Å². The van der Waals surface area contributed by atoms with Crippen molar-refractivity contribution in [1.29, 1.82) is 0 Å². The van der Waals surface area contributed by atoms with E-state index in [1.807, 2.05) is 48.4 Å². The number of nitrogens with zero attached hydrogens (tertiary/aromatic N) is 5. The normalized spacial score (nSPS) is 15.3. The van der Waals surface area contributed by atoms with Crippen molar-refractivity contribution in [3.8, 4) is 22.7 Å². The third-order valence-corrected chi connectivity index (χ3v) is 4.97. The lowest BCUT2D eigenvalue weighted by atomic mass is 10.1. The highest BCUT2D eigenvalue weighted by atomic mass is 16.3. The van der Waals surface area contributed by atoms with Crippen molar-refractivity contribution in [2.75, 3.05) is 0 Å². The van der Waals surface area contributed by atoms with Crippen LogP contribution in [0.15, 0.2) is 65.8 Å². The average molecular weight is 345 g/mol. The highest BCUT2D eigenvalue weighted by molar-refractivity contribution is 5.76. The van der Waals surface area contributed by atoms with Crippen molar-refractivity contribution in [3.63, 3.8) is 0 Å². The Hall–Kier alpha value is -3.15. The van der Waals surface area contributed by atoms with Gasteiger partial charge in [0.2, 0.25) is 0 Å². The molecule has 0 unspecified atom stereocenters. The van der Waals surface area contributed by atoms with Gasteiger partial charge in [-0.1, -0.05) is 30.3 Å². The number of aromatic nitrogens is 5. The summed E-state index contributed by atoms with van der Waals surface area (Å²) in [5.41, 5.74) is 2.99. The second-order valence-corrected chi connectivity index (χ2v) is 6.72. The van der Waals surface area contributed by atoms with Crippen molar-refractivity contribution < 1.29 is 4.42 Å². The highest BCUT2D eigenvalue weighted by Gasteiger charge is 2.38. The molecule has 0 N–H and O–H groups in total. The minimum absolute atomic E-state index is 0.104. The van der Waals surface area contributed by atoms with Gasteiger partial charge in [0.15, 0.2) is 5.76 Å². The molecule has 0 aliphatic heterocycles. The first kappa shape index (κ1) is 15.1. The molecule has 1 saturated carbocycles. The first-order valence-electron chi connectivity index (χ1n) is 8.83. The molecule has 6 nitrogen and oxygen atoms in total. The van der Waals surface area contributed by atoms with Crippen LogP contribution in [0.5, 0.6) is 0 Å². The molecule has 1 aliphatic rings. The first-order valence-corrected chi connectivity index (χ1v) is 8.83. The average Bonchev–Trinajstić information content (AvgIpc) is 3.04. The van der Waals surface area contributed by atoms with E-state index in [0.717, 1.165) is 28.5 Å². The Balaban J connectivity index is 1.72. The van der Waals surface area contributed by atoms with Crippen LogP contribution in [-0.4, -0.2) is 24.3 Å². The largest absolute Gasteiger partial charge is 0.463 e. The van der Waals surface area contributed by atoms with E-state index in [1.54, 1.807) is 12.6 Å². The predicted octanol–water partition coefficient (Wildman–Crippen LogP) is 3.94. The van der Waals surface area contributed by atoms with E-state index in [-0.39, 0.29) is 6.04 Å². The summed E-state index contributed by atoms with van der Waals surface area (Å²) in [7, 11) is 1.94. The van der Waals surface area contributed by atoms with Crippen molar-refractivity contribution in [1.82, 2.24) is 24.3 Å². The standard InChI is InChI=1S/C20H19N5O/c1-24-20(21-12-23-24)18(15-9-10-15)25-13-22-17(14-6-3-2-4-7-14)19(25)16-8-5-11-26-16/h2-8,11-13,15,18H,9-10H2,1H3/t18-/m1/s1. The fourth-order valence-corrected chi connectivity index (χ4v) is 3.58. The van der Waals surface area contributed by atoms with Crippen LogP contribution in [0.25, 0.3) is 22.7 Å². The molecule has 26 heavy (non-hydrogen) atoms. The van der Waals surface area contributed by atoms with Gasteiger partial charge in [0.1, 0.15) is 17.8 Å². The van der Waals surface area contributed by atoms with Crippen molar-refractivity contribution in [2.45, 2.75) is 18.9 Å². The van der Waals surface area contributed by atoms with Crippen LogP contribution in [0, 0.1) is 5.92 Å². The monoisotopic (exact) mass is 345 g/mol. The Morgan fingerprint density at radius 2 is 1.92 bits per heavy atom. The molecule has 0 bridgehead atoms. The Bertz CT molecular complexity index is 1010. The second kappa shape index (κ2) is 5.98. The van der Waals surface area contributed by atoms with E-state index in [9.17, 15) is 0 Å². The van der Waals surface area contributed by atoms with Crippen molar-refractivity contribution in [3.05, 3.63) is 67.2 Å². The van der Waals surface area contributed by atoms with E-state index >= 15 is 0 Å². The van der Waals surface area contributed by atoms with Crippen molar-refractivity contribution >= 4 is 0 Å². The number of hydrogen-bond acceptors (Lipinski definition) is 4. The summed E-state index contributed by atoms with van der Waals surface area (Å²) in [6, 6.07) is 14.2. The second-order valence-electron chi connectivity index (χ2n) is 6.72. The Morgan fingerprint density at radius 1 is 1.08 bits per heavy atom. The van der Waals surface area contributed by atoms with Crippen LogP contribution < -0.4 is 0 Å². The number of aryl methyl sites for hydroxylation is 1. The summed E-state index contributed by atoms with van der Waals surface area (Å²) in [6.07, 6.45) is 7.61. The van der Waals surface area contributed by atoms with Crippen LogP contribution in [-0.2, 0) is 7.05 Å². The summed E-state index contributed by atoms with van der Waals surface area (Å²) < 4.78 is 9.84. The van der Waals surface area contributed by atoms with E-state index in [4.69, 9.17) is 9.40 Å². The summed E-state index contributed by atoms with van der Waals surface area (Å²) in [5, 5.41) is 4.28. The zero-order chi connectivity index (χ0) is 17.5. The third-order valence-electron chi connectivity index (χ3n) is 4.97. The fraction of sp³-hybridized carbons (Fsp3) is 0.250. The van der Waals surface area contributed by atoms with Crippen LogP contribution in [0.1, 0.15) is 24.7 Å². The molecule has 0 saturated heterocycles. The molecule has 1 aliphatic carbocycles. The highest BCUT2D eigenvalue weighted by Crippen LogP contribution is 2.45. The van der Waals surface area contributed by atoms with E-state index in [0.29, 0.717) is 5.92 Å². The topological polar surface area (TPSA) is 61.7 Å². The maximum absolute atomic E-state index is 5.77. The summed E-state index contributed by atoms with van der Waals surface area (Å²) in [5.74, 6) is 2.32. The van der Waals surface area contributed by atoms with E-state index in [1.165, 1.54) is 12.8 Å². The maximum atomic E-state index is 5.77. The van der Waals surface area contributed by atoms with Gasteiger partial charge in [-0.15, -0.1) is 0 Å². The van der Waals surface area contributed by atoms with Crippen LogP contribution in [0.3, 0.4) is 0 Å². The van der Waals surface area contributed by atoms with Gasteiger partial charge >= 0.3 is 0 Å².